The van der Waals surface area contributed by atoms with Crippen molar-refractivity contribution in [2.75, 3.05) is 5.73 Å². The molecule has 0 unspecified atom stereocenters. The molecule has 0 radical (unpaired) electrons. The summed E-state index contributed by atoms with van der Waals surface area (Å²) in [4.78, 5) is 4.32. The first kappa shape index (κ1) is 13.4. The van der Waals surface area contributed by atoms with E-state index in [4.69, 9.17) is 10.3 Å². The van der Waals surface area contributed by atoms with Gasteiger partial charge in [-0.1, -0.05) is 49.3 Å². The van der Waals surface area contributed by atoms with E-state index in [1.54, 1.807) is 6.20 Å². The van der Waals surface area contributed by atoms with Crippen LogP contribution in [0.2, 0.25) is 0 Å². The summed E-state index contributed by atoms with van der Waals surface area (Å²) in [5.74, 6) is 0.807. The first-order valence-corrected chi connectivity index (χ1v) is 6.93. The topological polar surface area (TPSA) is 64.9 Å². The van der Waals surface area contributed by atoms with Crippen LogP contribution < -0.4 is 5.73 Å². The molecule has 0 amide bonds. The van der Waals surface area contributed by atoms with Gasteiger partial charge in [0.1, 0.15) is 5.69 Å². The molecule has 0 saturated heterocycles. The summed E-state index contributed by atoms with van der Waals surface area (Å²) in [5.41, 5.74) is 10.4. The van der Waals surface area contributed by atoms with Gasteiger partial charge in [0.05, 0.1) is 11.3 Å². The van der Waals surface area contributed by atoms with Gasteiger partial charge in [-0.3, -0.25) is 4.98 Å². The molecule has 1 aromatic carbocycles. The van der Waals surface area contributed by atoms with E-state index in [9.17, 15) is 0 Å². The lowest BCUT2D eigenvalue weighted by Gasteiger charge is -2.07. The molecule has 0 spiro atoms. The number of anilines is 1. The number of hydrogen-bond acceptors (Lipinski definition) is 4. The average molecular weight is 279 g/mol. The summed E-state index contributed by atoms with van der Waals surface area (Å²) in [5, 5.41) is 4.06. The highest BCUT2D eigenvalue weighted by Crippen LogP contribution is 2.35. The van der Waals surface area contributed by atoms with Crippen molar-refractivity contribution < 1.29 is 4.52 Å². The molecule has 0 aliphatic rings. The number of aromatic nitrogens is 2. The first-order chi connectivity index (χ1) is 10.2. The van der Waals surface area contributed by atoms with Crippen molar-refractivity contribution in [1.29, 1.82) is 0 Å². The Labute approximate surface area is 123 Å². The summed E-state index contributed by atoms with van der Waals surface area (Å²) in [6, 6.07) is 14.0. The van der Waals surface area contributed by atoms with E-state index in [1.165, 1.54) is 5.56 Å². The average Bonchev–Trinajstić information content (AvgIpc) is 2.90. The fourth-order valence-corrected chi connectivity index (χ4v) is 2.29. The molecular weight excluding hydrogens is 262 g/mol. The third-order valence-electron chi connectivity index (χ3n) is 3.49. The minimum atomic E-state index is 0.313. The van der Waals surface area contributed by atoms with E-state index in [0.29, 0.717) is 17.5 Å². The third-order valence-corrected chi connectivity index (χ3v) is 3.49. The summed E-state index contributed by atoms with van der Waals surface area (Å²) in [6.45, 7) is 4.34. The van der Waals surface area contributed by atoms with Gasteiger partial charge in [0.15, 0.2) is 0 Å². The van der Waals surface area contributed by atoms with Crippen molar-refractivity contribution in [2.24, 2.45) is 0 Å². The van der Waals surface area contributed by atoms with Crippen LogP contribution in [0.5, 0.6) is 0 Å². The Morgan fingerprint density at radius 3 is 2.43 bits per heavy atom. The van der Waals surface area contributed by atoms with Crippen LogP contribution in [-0.2, 0) is 0 Å². The maximum atomic E-state index is 5.95. The lowest BCUT2D eigenvalue weighted by molar-refractivity contribution is 0.439. The van der Waals surface area contributed by atoms with E-state index in [1.807, 2.05) is 30.3 Å². The molecule has 3 aromatic rings. The molecular formula is C17H17N3O. The van der Waals surface area contributed by atoms with Crippen LogP contribution in [0, 0.1) is 0 Å². The van der Waals surface area contributed by atoms with Gasteiger partial charge in [-0.25, -0.2) is 0 Å². The van der Waals surface area contributed by atoms with Gasteiger partial charge >= 0.3 is 0 Å². The number of pyridine rings is 1. The lowest BCUT2D eigenvalue weighted by atomic mass is 9.98. The first-order valence-electron chi connectivity index (χ1n) is 6.93. The number of rotatable bonds is 3. The number of nitrogen functional groups attached to an aromatic ring is 1. The Balaban J connectivity index is 2.08. The number of hydrogen-bond donors (Lipinski definition) is 1. The van der Waals surface area contributed by atoms with Gasteiger partial charge in [0, 0.05) is 6.20 Å². The largest absolute Gasteiger partial charge is 0.367 e. The SMILES string of the molecule is CC(C)c1ccc(-c2c(-c3ccccn3)noc2N)cc1. The van der Waals surface area contributed by atoms with Crippen molar-refractivity contribution in [3.63, 3.8) is 0 Å². The zero-order chi connectivity index (χ0) is 14.8. The van der Waals surface area contributed by atoms with E-state index in [-0.39, 0.29) is 0 Å². The predicted octanol–water partition coefficient (Wildman–Crippen LogP) is 4.11. The van der Waals surface area contributed by atoms with Crippen molar-refractivity contribution in [3.05, 3.63) is 54.2 Å². The molecule has 0 saturated carbocycles. The summed E-state index contributed by atoms with van der Waals surface area (Å²) >= 11 is 0. The van der Waals surface area contributed by atoms with Crippen LogP contribution in [0.1, 0.15) is 25.3 Å². The minimum Gasteiger partial charge on any atom is -0.367 e. The molecule has 0 fully saturated rings. The fraction of sp³-hybridized carbons (Fsp3) is 0.176. The standard InChI is InChI=1S/C17H17N3O/c1-11(2)12-6-8-13(9-7-12)15-16(20-21-17(15)18)14-5-3-4-10-19-14/h3-11H,18H2,1-2H3. The van der Waals surface area contributed by atoms with Crippen molar-refractivity contribution in [3.8, 4) is 22.5 Å². The van der Waals surface area contributed by atoms with Crippen LogP contribution in [0.3, 0.4) is 0 Å². The molecule has 0 aliphatic carbocycles. The Bertz CT molecular complexity index is 730. The molecule has 2 N–H and O–H groups in total. The van der Waals surface area contributed by atoms with Crippen LogP contribution in [0.4, 0.5) is 5.88 Å². The van der Waals surface area contributed by atoms with Crippen molar-refractivity contribution in [2.45, 2.75) is 19.8 Å². The summed E-state index contributed by atoms with van der Waals surface area (Å²) in [7, 11) is 0. The maximum Gasteiger partial charge on any atom is 0.230 e. The zero-order valence-corrected chi connectivity index (χ0v) is 12.1. The Kier molecular flexibility index (Phi) is 3.44. The molecule has 0 aliphatic heterocycles. The quantitative estimate of drug-likeness (QED) is 0.783. The monoisotopic (exact) mass is 279 g/mol. The minimum absolute atomic E-state index is 0.313. The van der Waals surface area contributed by atoms with Crippen LogP contribution >= 0.6 is 0 Å². The molecule has 0 atom stereocenters. The van der Waals surface area contributed by atoms with E-state index in [0.717, 1.165) is 16.8 Å². The number of nitrogens with two attached hydrogens (primary N) is 1. The van der Waals surface area contributed by atoms with Gasteiger partial charge in [-0.2, -0.15) is 0 Å². The lowest BCUT2D eigenvalue weighted by Crippen LogP contribution is -1.91. The Morgan fingerprint density at radius 2 is 1.81 bits per heavy atom. The Morgan fingerprint density at radius 1 is 1.05 bits per heavy atom. The number of benzene rings is 1. The van der Waals surface area contributed by atoms with Crippen LogP contribution in [-0.4, -0.2) is 10.1 Å². The predicted molar refractivity (Wildman–Crippen MR) is 83.7 cm³/mol. The summed E-state index contributed by atoms with van der Waals surface area (Å²) < 4.78 is 5.17. The van der Waals surface area contributed by atoms with E-state index >= 15 is 0 Å². The Hall–Kier alpha value is -2.62. The highest BCUT2D eigenvalue weighted by molar-refractivity contribution is 5.85. The molecule has 106 valence electrons. The molecule has 2 aromatic heterocycles. The van der Waals surface area contributed by atoms with Crippen LogP contribution in [0.25, 0.3) is 22.5 Å². The second kappa shape index (κ2) is 5.40. The van der Waals surface area contributed by atoms with Gasteiger partial charge in [-0.15, -0.1) is 0 Å². The normalized spacial score (nSPS) is 11.0. The van der Waals surface area contributed by atoms with Crippen LogP contribution in [0.15, 0.2) is 53.2 Å². The highest BCUT2D eigenvalue weighted by atomic mass is 16.5. The van der Waals surface area contributed by atoms with Crippen molar-refractivity contribution >= 4 is 5.88 Å². The smallest absolute Gasteiger partial charge is 0.230 e. The highest BCUT2D eigenvalue weighted by Gasteiger charge is 2.18. The van der Waals surface area contributed by atoms with Gasteiger partial charge in [0.2, 0.25) is 5.88 Å². The molecule has 3 rings (SSSR count). The second-order valence-electron chi connectivity index (χ2n) is 5.26. The van der Waals surface area contributed by atoms with Gasteiger partial charge in [0.25, 0.3) is 0 Å². The zero-order valence-electron chi connectivity index (χ0n) is 12.1. The van der Waals surface area contributed by atoms with Gasteiger partial charge < -0.3 is 10.3 Å². The van der Waals surface area contributed by atoms with E-state index < -0.39 is 0 Å². The van der Waals surface area contributed by atoms with Crippen molar-refractivity contribution in [1.82, 2.24) is 10.1 Å². The maximum absolute atomic E-state index is 5.95. The fourth-order valence-electron chi connectivity index (χ4n) is 2.29. The number of nitrogens with zero attached hydrogens (tertiary/aromatic N) is 2. The molecule has 2 heterocycles. The summed E-state index contributed by atoms with van der Waals surface area (Å²) in [6.07, 6.45) is 1.73. The molecule has 4 nitrogen and oxygen atoms in total. The third kappa shape index (κ3) is 2.52. The molecule has 0 bridgehead atoms. The molecule has 4 heteroatoms. The van der Waals surface area contributed by atoms with Gasteiger partial charge in [-0.05, 0) is 29.2 Å². The van der Waals surface area contributed by atoms with E-state index in [2.05, 4.69) is 36.1 Å². The second-order valence-corrected chi connectivity index (χ2v) is 5.26. The molecule has 21 heavy (non-hydrogen) atoms.